The highest BCUT2D eigenvalue weighted by Crippen LogP contribution is 2.33. The molecule has 2 aromatic heterocycles. The second-order valence-corrected chi connectivity index (χ2v) is 5.25. The number of fused-ring (bicyclic) bond motifs is 1. The largest absolute Gasteiger partial charge is 0.382 e. The number of methoxy groups -OCH3 is 2. The highest BCUT2D eigenvalue weighted by atomic mass is 16.6. The Morgan fingerprint density at radius 2 is 2.14 bits per heavy atom. The molecule has 3 heterocycles. The molecule has 1 aliphatic heterocycles. The summed E-state index contributed by atoms with van der Waals surface area (Å²) >= 11 is 0. The Kier molecular flexibility index (Phi) is 3.88. The lowest BCUT2D eigenvalue weighted by Gasteiger charge is -2.16. The number of imidazole rings is 1. The normalized spacial score (nSPS) is 25.8. The van der Waals surface area contributed by atoms with Crippen LogP contribution in [0.2, 0.25) is 0 Å². The van der Waals surface area contributed by atoms with Gasteiger partial charge in [-0.3, -0.25) is 4.57 Å². The third-order valence-corrected chi connectivity index (χ3v) is 3.94. The van der Waals surface area contributed by atoms with Crippen LogP contribution in [0.4, 0.5) is 0 Å². The van der Waals surface area contributed by atoms with Gasteiger partial charge in [0.15, 0.2) is 5.65 Å². The zero-order chi connectivity index (χ0) is 15.0. The first kappa shape index (κ1) is 14.4. The summed E-state index contributed by atoms with van der Waals surface area (Å²) in [5.41, 5.74) is 2.50. The number of nitrogens with zero attached hydrogens (tertiary/aromatic N) is 4. The van der Waals surface area contributed by atoms with Crippen LogP contribution in [0.15, 0.2) is 6.33 Å². The standard InChI is InChI=1S/C14H20N4O3/c1-8-13-14(16-7-15-8)18(9(2)17-13)12-5-10(20-4)11(21-12)6-19-3/h7,10-12H,5-6H2,1-4H3/t10?,11-,12-/m0/s1. The molecule has 0 aromatic carbocycles. The number of hydrogen-bond donors (Lipinski definition) is 0. The lowest BCUT2D eigenvalue weighted by molar-refractivity contribution is -0.0602. The predicted octanol–water partition coefficient (Wildman–Crippen LogP) is 1.39. The number of aromatic nitrogens is 4. The Hall–Kier alpha value is -1.57. The monoisotopic (exact) mass is 292 g/mol. The molecule has 0 N–H and O–H groups in total. The van der Waals surface area contributed by atoms with E-state index >= 15 is 0 Å². The molecule has 3 rings (SSSR count). The van der Waals surface area contributed by atoms with Crippen LogP contribution in [0, 0.1) is 13.8 Å². The van der Waals surface area contributed by atoms with E-state index in [0.29, 0.717) is 6.61 Å². The maximum Gasteiger partial charge on any atom is 0.165 e. The molecule has 0 amide bonds. The van der Waals surface area contributed by atoms with Crippen molar-refractivity contribution in [2.45, 2.75) is 38.7 Å². The van der Waals surface area contributed by atoms with Crippen LogP contribution in [0.5, 0.6) is 0 Å². The summed E-state index contributed by atoms with van der Waals surface area (Å²) in [5, 5.41) is 0. The van der Waals surface area contributed by atoms with Crippen molar-refractivity contribution < 1.29 is 14.2 Å². The summed E-state index contributed by atoms with van der Waals surface area (Å²) in [6.07, 6.45) is 2.10. The average Bonchev–Trinajstić information content (AvgIpc) is 3.00. The molecular weight excluding hydrogens is 272 g/mol. The quantitative estimate of drug-likeness (QED) is 0.848. The molecule has 0 saturated carbocycles. The minimum absolute atomic E-state index is 0.00901. The van der Waals surface area contributed by atoms with Gasteiger partial charge in [0.1, 0.15) is 30.0 Å². The fourth-order valence-electron chi connectivity index (χ4n) is 2.90. The Morgan fingerprint density at radius 1 is 1.33 bits per heavy atom. The van der Waals surface area contributed by atoms with Crippen LogP contribution in [-0.2, 0) is 14.2 Å². The molecule has 2 aromatic rings. The molecule has 0 aliphatic carbocycles. The molecule has 7 nitrogen and oxygen atoms in total. The van der Waals surface area contributed by atoms with Crippen molar-refractivity contribution in [3.63, 3.8) is 0 Å². The fourth-order valence-corrected chi connectivity index (χ4v) is 2.90. The smallest absolute Gasteiger partial charge is 0.165 e. The maximum atomic E-state index is 6.09. The molecule has 1 unspecified atom stereocenters. The molecule has 0 radical (unpaired) electrons. The molecule has 0 spiro atoms. The number of ether oxygens (including phenoxy) is 3. The topological polar surface area (TPSA) is 71.3 Å². The Labute approximate surface area is 123 Å². The van der Waals surface area contributed by atoms with Gasteiger partial charge in [-0.25, -0.2) is 15.0 Å². The Balaban J connectivity index is 1.98. The van der Waals surface area contributed by atoms with Crippen LogP contribution >= 0.6 is 0 Å². The fraction of sp³-hybridized carbons (Fsp3) is 0.643. The van der Waals surface area contributed by atoms with Crippen LogP contribution < -0.4 is 0 Å². The van der Waals surface area contributed by atoms with Gasteiger partial charge in [0.2, 0.25) is 0 Å². The van der Waals surface area contributed by atoms with Crippen LogP contribution in [-0.4, -0.2) is 52.6 Å². The first-order chi connectivity index (χ1) is 10.2. The lowest BCUT2D eigenvalue weighted by atomic mass is 10.2. The van der Waals surface area contributed by atoms with E-state index in [1.165, 1.54) is 0 Å². The summed E-state index contributed by atoms with van der Waals surface area (Å²) < 4.78 is 18.8. The second-order valence-electron chi connectivity index (χ2n) is 5.25. The molecule has 1 saturated heterocycles. The van der Waals surface area contributed by atoms with E-state index in [1.54, 1.807) is 20.5 Å². The molecule has 114 valence electrons. The molecule has 1 aliphatic rings. The summed E-state index contributed by atoms with van der Waals surface area (Å²) in [6.45, 7) is 4.40. The molecule has 3 atom stereocenters. The SMILES string of the molecule is COC[C@@H]1O[C@H](n2c(C)nc3c(C)ncnc32)CC1OC. The first-order valence-electron chi connectivity index (χ1n) is 6.99. The van der Waals surface area contributed by atoms with Crippen molar-refractivity contribution in [3.8, 4) is 0 Å². The van der Waals surface area contributed by atoms with Crippen molar-refractivity contribution in [2.75, 3.05) is 20.8 Å². The third kappa shape index (κ3) is 2.41. The highest BCUT2D eigenvalue weighted by molar-refractivity contribution is 5.73. The lowest BCUT2D eigenvalue weighted by Crippen LogP contribution is -2.27. The van der Waals surface area contributed by atoms with Gasteiger partial charge in [0.25, 0.3) is 0 Å². The zero-order valence-corrected chi connectivity index (χ0v) is 12.7. The summed E-state index contributed by atoms with van der Waals surface area (Å²) in [7, 11) is 3.36. The minimum Gasteiger partial charge on any atom is -0.382 e. The molecular formula is C14H20N4O3. The summed E-state index contributed by atoms with van der Waals surface area (Å²) in [4.78, 5) is 13.1. The van der Waals surface area contributed by atoms with E-state index < -0.39 is 0 Å². The van der Waals surface area contributed by atoms with Gasteiger partial charge in [-0.1, -0.05) is 0 Å². The molecule has 0 bridgehead atoms. The van der Waals surface area contributed by atoms with Gasteiger partial charge in [-0.2, -0.15) is 0 Å². The number of hydrogen-bond acceptors (Lipinski definition) is 6. The zero-order valence-electron chi connectivity index (χ0n) is 12.7. The Bertz CT molecular complexity index is 642. The Morgan fingerprint density at radius 3 is 2.86 bits per heavy atom. The van der Waals surface area contributed by atoms with Gasteiger partial charge in [0.05, 0.1) is 18.4 Å². The number of aryl methyl sites for hydroxylation is 2. The van der Waals surface area contributed by atoms with Crippen molar-refractivity contribution in [1.82, 2.24) is 19.5 Å². The number of rotatable bonds is 4. The van der Waals surface area contributed by atoms with Crippen molar-refractivity contribution >= 4 is 11.2 Å². The highest BCUT2D eigenvalue weighted by Gasteiger charge is 2.37. The molecule has 1 fully saturated rings. The van der Waals surface area contributed by atoms with Gasteiger partial charge < -0.3 is 14.2 Å². The van der Waals surface area contributed by atoms with Crippen molar-refractivity contribution in [1.29, 1.82) is 0 Å². The van der Waals surface area contributed by atoms with E-state index in [-0.39, 0.29) is 18.4 Å². The van der Waals surface area contributed by atoms with Gasteiger partial charge in [-0.15, -0.1) is 0 Å². The van der Waals surface area contributed by atoms with Crippen LogP contribution in [0.1, 0.15) is 24.2 Å². The maximum absolute atomic E-state index is 6.09. The van der Waals surface area contributed by atoms with E-state index in [0.717, 1.165) is 29.1 Å². The van der Waals surface area contributed by atoms with E-state index in [4.69, 9.17) is 14.2 Å². The summed E-state index contributed by atoms with van der Waals surface area (Å²) in [6, 6.07) is 0. The van der Waals surface area contributed by atoms with Crippen LogP contribution in [0.3, 0.4) is 0 Å². The van der Waals surface area contributed by atoms with Gasteiger partial charge in [-0.05, 0) is 13.8 Å². The predicted molar refractivity (Wildman–Crippen MR) is 76.0 cm³/mol. The first-order valence-corrected chi connectivity index (χ1v) is 6.99. The van der Waals surface area contributed by atoms with Gasteiger partial charge in [0, 0.05) is 20.6 Å². The van der Waals surface area contributed by atoms with Crippen molar-refractivity contribution in [3.05, 3.63) is 17.8 Å². The van der Waals surface area contributed by atoms with E-state index in [9.17, 15) is 0 Å². The third-order valence-electron chi connectivity index (χ3n) is 3.94. The van der Waals surface area contributed by atoms with E-state index in [1.807, 2.05) is 18.4 Å². The van der Waals surface area contributed by atoms with Gasteiger partial charge >= 0.3 is 0 Å². The molecule has 7 heteroatoms. The molecule has 21 heavy (non-hydrogen) atoms. The van der Waals surface area contributed by atoms with E-state index in [2.05, 4.69) is 15.0 Å². The average molecular weight is 292 g/mol. The summed E-state index contributed by atoms with van der Waals surface area (Å²) in [5.74, 6) is 0.867. The van der Waals surface area contributed by atoms with Crippen molar-refractivity contribution in [2.24, 2.45) is 0 Å². The minimum atomic E-state index is -0.144. The van der Waals surface area contributed by atoms with Crippen LogP contribution in [0.25, 0.3) is 11.2 Å². The second kappa shape index (κ2) is 5.67.